The molecule has 0 amide bonds. The number of rotatable bonds is 5. The summed E-state index contributed by atoms with van der Waals surface area (Å²) in [6, 6.07) is 4.87. The molecule has 2 atom stereocenters. The highest BCUT2D eigenvalue weighted by atomic mass is 79.9. The number of alkyl halides is 1. The molecular formula is C11H16BrNO3. The second-order valence-electron chi connectivity index (χ2n) is 3.61. The molecule has 0 bridgehead atoms. The van der Waals surface area contributed by atoms with Gasteiger partial charge in [0.05, 0.1) is 12.7 Å². The molecule has 2 unspecified atom stereocenters. The van der Waals surface area contributed by atoms with Gasteiger partial charge in [0.25, 0.3) is 0 Å². The molecule has 0 radical (unpaired) electrons. The Morgan fingerprint density at radius 1 is 1.31 bits per heavy atom. The summed E-state index contributed by atoms with van der Waals surface area (Å²) in [4.78, 5) is 0. The van der Waals surface area contributed by atoms with Crippen LogP contribution in [0.15, 0.2) is 18.2 Å². The van der Waals surface area contributed by atoms with Gasteiger partial charge in [0.1, 0.15) is 6.10 Å². The minimum atomic E-state index is -0.955. The van der Waals surface area contributed by atoms with Crippen LogP contribution in [0.3, 0.4) is 0 Å². The van der Waals surface area contributed by atoms with E-state index in [1.54, 1.807) is 18.2 Å². The summed E-state index contributed by atoms with van der Waals surface area (Å²) in [6.07, 6.45) is -1.32. The quantitative estimate of drug-likeness (QED) is 0.480. The maximum Gasteiger partial charge on any atom is 0.105 e. The lowest BCUT2D eigenvalue weighted by molar-refractivity contribution is 0.0173. The van der Waals surface area contributed by atoms with Gasteiger partial charge in [-0.15, -0.1) is 0 Å². The SMILES string of the molecule is Nc1ccc(C(O)C(O)CCBr)cc1CO. The van der Waals surface area contributed by atoms with Crippen molar-refractivity contribution in [1.82, 2.24) is 0 Å². The fourth-order valence-electron chi connectivity index (χ4n) is 1.44. The number of nitrogen functional groups attached to an aromatic ring is 1. The smallest absolute Gasteiger partial charge is 0.105 e. The highest BCUT2D eigenvalue weighted by Crippen LogP contribution is 2.23. The van der Waals surface area contributed by atoms with Gasteiger partial charge < -0.3 is 21.1 Å². The van der Waals surface area contributed by atoms with Crippen molar-refractivity contribution < 1.29 is 15.3 Å². The van der Waals surface area contributed by atoms with E-state index < -0.39 is 12.2 Å². The zero-order valence-electron chi connectivity index (χ0n) is 8.81. The van der Waals surface area contributed by atoms with Crippen molar-refractivity contribution in [2.45, 2.75) is 25.2 Å². The highest BCUT2D eigenvalue weighted by molar-refractivity contribution is 9.09. The molecule has 4 nitrogen and oxygen atoms in total. The van der Waals surface area contributed by atoms with Crippen LogP contribution in [0.25, 0.3) is 0 Å². The number of hydrogen-bond acceptors (Lipinski definition) is 4. The second-order valence-corrected chi connectivity index (χ2v) is 4.40. The molecule has 1 aromatic carbocycles. The van der Waals surface area contributed by atoms with E-state index in [1.807, 2.05) is 0 Å². The summed E-state index contributed by atoms with van der Waals surface area (Å²) in [5.74, 6) is 0. The van der Waals surface area contributed by atoms with Crippen molar-refractivity contribution in [2.75, 3.05) is 11.1 Å². The van der Waals surface area contributed by atoms with Gasteiger partial charge in [-0.1, -0.05) is 22.0 Å². The summed E-state index contributed by atoms with van der Waals surface area (Å²) in [5, 5.41) is 29.1. The number of hydrogen-bond donors (Lipinski definition) is 4. The van der Waals surface area contributed by atoms with Gasteiger partial charge in [0.15, 0.2) is 0 Å². The molecule has 0 heterocycles. The number of aliphatic hydroxyl groups is 3. The average molecular weight is 290 g/mol. The minimum absolute atomic E-state index is 0.180. The molecule has 0 saturated carbocycles. The van der Waals surface area contributed by atoms with E-state index in [0.717, 1.165) is 0 Å². The van der Waals surface area contributed by atoms with Gasteiger partial charge >= 0.3 is 0 Å². The molecule has 0 fully saturated rings. The van der Waals surface area contributed by atoms with Gasteiger partial charge in [-0.3, -0.25) is 0 Å². The fraction of sp³-hybridized carbons (Fsp3) is 0.455. The molecular weight excluding hydrogens is 274 g/mol. The van der Waals surface area contributed by atoms with Crippen molar-refractivity contribution in [1.29, 1.82) is 0 Å². The molecule has 5 N–H and O–H groups in total. The Balaban J connectivity index is 2.87. The van der Waals surface area contributed by atoms with Crippen LogP contribution in [0.5, 0.6) is 0 Å². The van der Waals surface area contributed by atoms with Gasteiger partial charge in [-0.25, -0.2) is 0 Å². The van der Waals surface area contributed by atoms with Gasteiger partial charge in [0, 0.05) is 16.6 Å². The monoisotopic (exact) mass is 289 g/mol. The topological polar surface area (TPSA) is 86.7 Å². The third-order valence-corrected chi connectivity index (χ3v) is 2.91. The molecule has 0 saturated heterocycles. The van der Waals surface area contributed by atoms with Crippen LogP contribution in [0.4, 0.5) is 5.69 Å². The van der Waals surface area contributed by atoms with Crippen LogP contribution in [0.1, 0.15) is 23.7 Å². The lowest BCUT2D eigenvalue weighted by Gasteiger charge is -2.18. The van der Waals surface area contributed by atoms with E-state index in [1.165, 1.54) is 0 Å². The zero-order valence-corrected chi connectivity index (χ0v) is 10.4. The first-order valence-corrected chi connectivity index (χ1v) is 6.13. The Labute approximate surface area is 103 Å². The number of aliphatic hydroxyl groups excluding tert-OH is 3. The molecule has 1 rings (SSSR count). The predicted octanol–water partition coefficient (Wildman–Crippen LogP) is 0.940. The van der Waals surface area contributed by atoms with Gasteiger partial charge in [-0.2, -0.15) is 0 Å². The maximum absolute atomic E-state index is 9.84. The summed E-state index contributed by atoms with van der Waals surface area (Å²) < 4.78 is 0. The van der Waals surface area contributed by atoms with E-state index in [0.29, 0.717) is 28.6 Å². The summed E-state index contributed by atoms with van der Waals surface area (Å²) in [5.41, 5.74) is 7.22. The molecule has 0 aromatic heterocycles. The normalized spacial score (nSPS) is 14.8. The van der Waals surface area contributed by atoms with E-state index in [-0.39, 0.29) is 6.61 Å². The standard InChI is InChI=1S/C11H16BrNO3/c12-4-3-10(15)11(16)7-1-2-9(13)8(5-7)6-14/h1-2,5,10-11,14-16H,3-4,6,13H2. The van der Waals surface area contributed by atoms with Crippen molar-refractivity contribution in [3.05, 3.63) is 29.3 Å². The number of anilines is 1. The molecule has 0 spiro atoms. The van der Waals surface area contributed by atoms with Crippen LogP contribution in [0.2, 0.25) is 0 Å². The summed E-state index contributed by atoms with van der Waals surface area (Å²) >= 11 is 3.20. The largest absolute Gasteiger partial charge is 0.398 e. The maximum atomic E-state index is 9.84. The van der Waals surface area contributed by atoms with Crippen LogP contribution in [-0.4, -0.2) is 26.8 Å². The Bertz CT molecular complexity index is 346. The Morgan fingerprint density at radius 2 is 2.00 bits per heavy atom. The predicted molar refractivity (Wildman–Crippen MR) is 66.2 cm³/mol. The summed E-state index contributed by atoms with van der Waals surface area (Å²) in [7, 11) is 0. The van der Waals surface area contributed by atoms with Crippen molar-refractivity contribution >= 4 is 21.6 Å². The minimum Gasteiger partial charge on any atom is -0.398 e. The van der Waals surface area contributed by atoms with Crippen molar-refractivity contribution in [2.24, 2.45) is 0 Å². The molecule has 90 valence electrons. The van der Waals surface area contributed by atoms with E-state index in [2.05, 4.69) is 15.9 Å². The Kier molecular flexibility index (Phi) is 5.21. The fourth-order valence-corrected chi connectivity index (χ4v) is 1.91. The molecule has 0 aliphatic carbocycles. The highest BCUT2D eigenvalue weighted by Gasteiger charge is 2.18. The third kappa shape index (κ3) is 3.18. The molecule has 0 aliphatic rings. The van der Waals surface area contributed by atoms with Gasteiger partial charge in [-0.05, 0) is 24.1 Å². The van der Waals surface area contributed by atoms with Crippen LogP contribution in [0, 0.1) is 0 Å². The molecule has 16 heavy (non-hydrogen) atoms. The first kappa shape index (κ1) is 13.4. The second kappa shape index (κ2) is 6.20. The van der Waals surface area contributed by atoms with E-state index in [4.69, 9.17) is 10.8 Å². The van der Waals surface area contributed by atoms with Crippen LogP contribution in [-0.2, 0) is 6.61 Å². The zero-order chi connectivity index (χ0) is 12.1. The van der Waals surface area contributed by atoms with E-state index in [9.17, 15) is 10.2 Å². The molecule has 0 aliphatic heterocycles. The lowest BCUT2D eigenvalue weighted by atomic mass is 10.00. The molecule has 1 aromatic rings. The third-order valence-electron chi connectivity index (χ3n) is 2.45. The lowest BCUT2D eigenvalue weighted by Crippen LogP contribution is -2.18. The van der Waals surface area contributed by atoms with Crippen LogP contribution >= 0.6 is 15.9 Å². The average Bonchev–Trinajstić information content (AvgIpc) is 2.29. The molecule has 5 heteroatoms. The Morgan fingerprint density at radius 3 is 2.56 bits per heavy atom. The van der Waals surface area contributed by atoms with Crippen LogP contribution < -0.4 is 5.73 Å². The van der Waals surface area contributed by atoms with Crippen molar-refractivity contribution in [3.8, 4) is 0 Å². The number of halogens is 1. The summed E-state index contributed by atoms with van der Waals surface area (Å²) in [6.45, 7) is -0.180. The van der Waals surface area contributed by atoms with E-state index >= 15 is 0 Å². The Hall–Kier alpha value is -0.620. The van der Waals surface area contributed by atoms with Gasteiger partial charge in [0.2, 0.25) is 0 Å². The van der Waals surface area contributed by atoms with Crippen molar-refractivity contribution in [3.63, 3.8) is 0 Å². The number of nitrogens with two attached hydrogens (primary N) is 1. The first-order valence-electron chi connectivity index (χ1n) is 5.01. The number of benzene rings is 1. The first-order chi connectivity index (χ1) is 7.60.